The maximum atomic E-state index is 12.3. The summed E-state index contributed by atoms with van der Waals surface area (Å²) in [5, 5.41) is 8.69. The van der Waals surface area contributed by atoms with Crippen LogP contribution in [0.25, 0.3) is 0 Å². The van der Waals surface area contributed by atoms with Crippen LogP contribution in [-0.2, 0) is 22.6 Å². The molecular weight excluding hydrogens is 266 g/mol. The van der Waals surface area contributed by atoms with E-state index < -0.39 is 5.97 Å². The predicted molar refractivity (Wildman–Crippen MR) is 71.5 cm³/mol. The van der Waals surface area contributed by atoms with Crippen molar-refractivity contribution in [3.63, 3.8) is 0 Å². The minimum atomic E-state index is -0.884. The van der Waals surface area contributed by atoms with Crippen LogP contribution in [0.2, 0.25) is 0 Å². The van der Waals surface area contributed by atoms with Crippen molar-refractivity contribution in [1.29, 1.82) is 0 Å². The van der Waals surface area contributed by atoms with Crippen LogP contribution in [0.15, 0.2) is 6.07 Å². The Balaban J connectivity index is 2.08. The van der Waals surface area contributed by atoms with Crippen LogP contribution < -0.4 is 0 Å². The number of thiophene rings is 1. The number of hydrogen-bond donors (Lipinski definition) is 1. The topological polar surface area (TPSA) is 66.8 Å². The molecule has 0 aliphatic carbocycles. The van der Waals surface area contributed by atoms with Gasteiger partial charge in [-0.25, -0.2) is 0 Å². The third-order valence-corrected chi connectivity index (χ3v) is 4.33. The zero-order valence-electron chi connectivity index (χ0n) is 10.8. The first kappa shape index (κ1) is 14.0. The summed E-state index contributed by atoms with van der Waals surface area (Å²) in [6.07, 6.45) is 0.836. The van der Waals surface area contributed by atoms with Crippen LogP contribution in [0, 0.1) is 0 Å². The summed E-state index contributed by atoms with van der Waals surface area (Å²) in [7, 11) is 0. The van der Waals surface area contributed by atoms with Gasteiger partial charge in [0.15, 0.2) is 0 Å². The number of nitrogens with zero attached hydrogens (tertiary/aromatic N) is 1. The number of rotatable bonds is 5. The van der Waals surface area contributed by atoms with Crippen molar-refractivity contribution in [2.45, 2.75) is 26.4 Å². The van der Waals surface area contributed by atoms with Crippen molar-refractivity contribution in [1.82, 2.24) is 4.90 Å². The maximum Gasteiger partial charge on any atom is 0.305 e. The molecule has 2 rings (SSSR count). The molecule has 1 aromatic heterocycles. The number of ether oxygens (including phenoxy) is 1. The maximum absolute atomic E-state index is 12.3. The number of carboxylic acid groups (broad SMARTS) is 1. The van der Waals surface area contributed by atoms with E-state index in [4.69, 9.17) is 9.84 Å². The van der Waals surface area contributed by atoms with Crippen LogP contribution in [0.5, 0.6) is 0 Å². The largest absolute Gasteiger partial charge is 0.481 e. The van der Waals surface area contributed by atoms with E-state index in [-0.39, 0.29) is 18.9 Å². The van der Waals surface area contributed by atoms with Crippen LogP contribution in [-0.4, -0.2) is 41.6 Å². The molecule has 0 saturated carbocycles. The number of hydrogen-bond acceptors (Lipinski definition) is 4. The molecule has 1 aliphatic rings. The van der Waals surface area contributed by atoms with E-state index in [2.05, 4.69) is 0 Å². The van der Waals surface area contributed by atoms with Crippen molar-refractivity contribution in [3.8, 4) is 0 Å². The number of carboxylic acids is 1. The summed E-state index contributed by atoms with van der Waals surface area (Å²) in [6, 6.07) is 1.88. The molecule has 0 radical (unpaired) electrons. The summed E-state index contributed by atoms with van der Waals surface area (Å²) in [5.74, 6) is -0.965. The van der Waals surface area contributed by atoms with Crippen molar-refractivity contribution < 1.29 is 19.4 Å². The van der Waals surface area contributed by atoms with E-state index in [0.717, 1.165) is 12.0 Å². The quantitative estimate of drug-likeness (QED) is 0.894. The van der Waals surface area contributed by atoms with Gasteiger partial charge < -0.3 is 14.7 Å². The lowest BCUT2D eigenvalue weighted by atomic mass is 10.2. The molecule has 0 bridgehead atoms. The molecule has 5 nitrogen and oxygen atoms in total. The SMILES string of the molecule is CCN(CCC(=O)O)C(=O)c1cc2c(s1)CCOC2. The Kier molecular flexibility index (Phi) is 4.55. The predicted octanol–water partition coefficient (Wildman–Crippen LogP) is 1.76. The van der Waals surface area contributed by atoms with Gasteiger partial charge in [-0.3, -0.25) is 9.59 Å². The van der Waals surface area contributed by atoms with Crippen LogP contribution in [0.1, 0.15) is 33.5 Å². The first-order valence-corrected chi connectivity index (χ1v) is 7.14. The number of amides is 1. The van der Waals surface area contributed by atoms with Gasteiger partial charge in [-0.1, -0.05) is 0 Å². The summed E-state index contributed by atoms with van der Waals surface area (Å²) in [4.78, 5) is 26.4. The molecule has 0 saturated heterocycles. The average Bonchev–Trinajstić information content (AvgIpc) is 2.82. The van der Waals surface area contributed by atoms with Crippen LogP contribution in [0.4, 0.5) is 0 Å². The fraction of sp³-hybridized carbons (Fsp3) is 0.538. The Morgan fingerprint density at radius 2 is 2.32 bits per heavy atom. The van der Waals surface area contributed by atoms with Crippen LogP contribution in [0.3, 0.4) is 0 Å². The van der Waals surface area contributed by atoms with Gasteiger partial charge in [0.25, 0.3) is 5.91 Å². The Morgan fingerprint density at radius 1 is 1.53 bits per heavy atom. The highest BCUT2D eigenvalue weighted by Crippen LogP contribution is 2.27. The fourth-order valence-corrected chi connectivity index (χ4v) is 3.16. The Morgan fingerprint density at radius 3 is 2.95 bits per heavy atom. The molecular formula is C13H17NO4S. The van der Waals surface area contributed by atoms with Gasteiger partial charge in [-0.2, -0.15) is 0 Å². The van der Waals surface area contributed by atoms with E-state index in [1.54, 1.807) is 4.90 Å². The van der Waals surface area contributed by atoms with Crippen molar-refractivity contribution >= 4 is 23.2 Å². The number of fused-ring (bicyclic) bond motifs is 1. The summed E-state index contributed by atoms with van der Waals surface area (Å²) < 4.78 is 5.36. The van der Waals surface area contributed by atoms with Gasteiger partial charge in [0.05, 0.1) is 24.5 Å². The third kappa shape index (κ3) is 3.33. The average molecular weight is 283 g/mol. The summed E-state index contributed by atoms with van der Waals surface area (Å²) >= 11 is 1.50. The highest BCUT2D eigenvalue weighted by Gasteiger charge is 2.21. The standard InChI is InChI=1S/C13H17NO4S/c1-2-14(5-3-12(15)16)13(17)11-7-9-8-18-6-4-10(9)19-11/h7H,2-6,8H2,1H3,(H,15,16). The van der Waals surface area contributed by atoms with Gasteiger partial charge in [-0.15, -0.1) is 11.3 Å². The molecule has 1 aromatic rings. The molecule has 0 aromatic carbocycles. The third-order valence-electron chi connectivity index (χ3n) is 3.10. The van der Waals surface area contributed by atoms with Gasteiger partial charge >= 0.3 is 5.97 Å². The van der Waals surface area contributed by atoms with E-state index in [1.165, 1.54) is 16.2 Å². The van der Waals surface area contributed by atoms with E-state index in [1.807, 2.05) is 13.0 Å². The molecule has 6 heteroatoms. The van der Waals surface area contributed by atoms with E-state index in [9.17, 15) is 9.59 Å². The molecule has 0 spiro atoms. The lowest BCUT2D eigenvalue weighted by Gasteiger charge is -2.18. The molecule has 1 amide bonds. The van der Waals surface area contributed by atoms with Gasteiger partial charge in [0, 0.05) is 24.4 Å². The van der Waals surface area contributed by atoms with Crippen molar-refractivity contribution in [2.24, 2.45) is 0 Å². The van der Waals surface area contributed by atoms with Gasteiger partial charge in [0.1, 0.15) is 0 Å². The molecule has 0 atom stereocenters. The minimum Gasteiger partial charge on any atom is -0.481 e. The Bertz CT molecular complexity index is 459. The molecule has 104 valence electrons. The van der Waals surface area contributed by atoms with Gasteiger partial charge in [-0.05, 0) is 18.6 Å². The number of carbonyl (C=O) groups excluding carboxylic acids is 1. The summed E-state index contributed by atoms with van der Waals surface area (Å²) in [5.41, 5.74) is 1.09. The number of carbonyl (C=O) groups is 2. The highest BCUT2D eigenvalue weighted by molar-refractivity contribution is 7.14. The molecule has 1 N–H and O–H groups in total. The number of aliphatic carboxylic acids is 1. The smallest absolute Gasteiger partial charge is 0.305 e. The Hall–Kier alpha value is -1.40. The first-order chi connectivity index (χ1) is 9.11. The normalized spacial score (nSPS) is 13.9. The van der Waals surface area contributed by atoms with Crippen molar-refractivity contribution in [3.05, 3.63) is 21.4 Å². The zero-order chi connectivity index (χ0) is 13.8. The molecule has 1 aliphatic heterocycles. The highest BCUT2D eigenvalue weighted by atomic mass is 32.1. The molecule has 2 heterocycles. The zero-order valence-corrected chi connectivity index (χ0v) is 11.7. The van der Waals surface area contributed by atoms with Crippen molar-refractivity contribution in [2.75, 3.05) is 19.7 Å². The lowest BCUT2D eigenvalue weighted by Crippen LogP contribution is -2.32. The molecule has 19 heavy (non-hydrogen) atoms. The second-order valence-electron chi connectivity index (χ2n) is 4.39. The van der Waals surface area contributed by atoms with Gasteiger partial charge in [0.2, 0.25) is 0 Å². The minimum absolute atomic E-state index is 0.0201. The summed E-state index contributed by atoms with van der Waals surface area (Å²) in [6.45, 7) is 3.91. The molecule has 0 unspecified atom stereocenters. The lowest BCUT2D eigenvalue weighted by molar-refractivity contribution is -0.137. The Labute approximate surface area is 115 Å². The monoisotopic (exact) mass is 283 g/mol. The fourth-order valence-electron chi connectivity index (χ4n) is 2.04. The second-order valence-corrected chi connectivity index (χ2v) is 5.53. The van der Waals surface area contributed by atoms with Crippen LogP contribution >= 0.6 is 11.3 Å². The molecule has 0 fully saturated rings. The van der Waals surface area contributed by atoms with E-state index >= 15 is 0 Å². The second kappa shape index (κ2) is 6.16. The van der Waals surface area contributed by atoms with E-state index in [0.29, 0.717) is 24.6 Å². The first-order valence-electron chi connectivity index (χ1n) is 6.32.